The van der Waals surface area contributed by atoms with Crippen LogP contribution in [-0.4, -0.2) is 19.8 Å². The molecular weight excluding hydrogens is 250 g/mol. The van der Waals surface area contributed by atoms with Gasteiger partial charge in [-0.1, -0.05) is 37.8 Å². The number of methoxy groups -OCH3 is 1. The fourth-order valence-corrected chi connectivity index (χ4v) is 2.91. The summed E-state index contributed by atoms with van der Waals surface area (Å²) in [6, 6.07) is 6.76. The molecule has 3 nitrogen and oxygen atoms in total. The van der Waals surface area contributed by atoms with Crippen LogP contribution in [0.25, 0.3) is 0 Å². The second-order valence-corrected chi connectivity index (χ2v) is 5.45. The summed E-state index contributed by atoms with van der Waals surface area (Å²) < 4.78 is 11.2. The van der Waals surface area contributed by atoms with Gasteiger partial charge in [-0.25, -0.2) is 0 Å². The molecule has 0 bridgehead atoms. The molecule has 1 N–H and O–H groups in total. The summed E-state index contributed by atoms with van der Waals surface area (Å²) in [7, 11) is 1.69. The largest absolute Gasteiger partial charge is 0.493 e. The molecule has 1 aromatic rings. The van der Waals surface area contributed by atoms with E-state index in [-0.39, 0.29) is 0 Å². The second-order valence-electron chi connectivity index (χ2n) is 5.45. The summed E-state index contributed by atoms with van der Waals surface area (Å²) in [6.07, 6.45) is 8.09. The van der Waals surface area contributed by atoms with Gasteiger partial charge in [-0.2, -0.15) is 0 Å². The van der Waals surface area contributed by atoms with E-state index in [1.807, 2.05) is 19.1 Å². The highest BCUT2D eigenvalue weighted by Gasteiger charge is 2.14. The van der Waals surface area contributed by atoms with Gasteiger partial charge in [-0.15, -0.1) is 0 Å². The normalized spacial score (nSPS) is 16.7. The fourth-order valence-electron chi connectivity index (χ4n) is 2.91. The van der Waals surface area contributed by atoms with Crippen molar-refractivity contribution in [1.29, 1.82) is 0 Å². The molecule has 1 aliphatic rings. The number of rotatable bonds is 6. The van der Waals surface area contributed by atoms with Gasteiger partial charge in [0.05, 0.1) is 13.7 Å². The van der Waals surface area contributed by atoms with Gasteiger partial charge >= 0.3 is 0 Å². The predicted octanol–water partition coefficient (Wildman–Crippen LogP) is 3.91. The molecule has 0 aromatic heterocycles. The van der Waals surface area contributed by atoms with Crippen LogP contribution in [0.2, 0.25) is 0 Å². The monoisotopic (exact) mass is 277 g/mol. The highest BCUT2D eigenvalue weighted by Crippen LogP contribution is 2.31. The molecular formula is C17H27NO2. The third-order valence-electron chi connectivity index (χ3n) is 4.01. The van der Waals surface area contributed by atoms with Crippen LogP contribution in [0.4, 0.5) is 0 Å². The Morgan fingerprint density at radius 3 is 2.55 bits per heavy atom. The van der Waals surface area contributed by atoms with Gasteiger partial charge in [-0.05, 0) is 25.8 Å². The second kappa shape index (κ2) is 8.15. The van der Waals surface area contributed by atoms with Gasteiger partial charge in [-0.3, -0.25) is 0 Å². The average Bonchev–Trinajstić information content (AvgIpc) is 2.75. The van der Waals surface area contributed by atoms with Crippen LogP contribution in [0.3, 0.4) is 0 Å². The van der Waals surface area contributed by atoms with Crippen LogP contribution < -0.4 is 14.8 Å². The lowest BCUT2D eigenvalue weighted by Gasteiger charge is -2.19. The number of para-hydroxylation sites is 1. The van der Waals surface area contributed by atoms with E-state index in [0.717, 1.165) is 18.0 Å². The highest BCUT2D eigenvalue weighted by atomic mass is 16.5. The minimum Gasteiger partial charge on any atom is -0.493 e. The Morgan fingerprint density at radius 1 is 1.15 bits per heavy atom. The lowest BCUT2D eigenvalue weighted by Crippen LogP contribution is -2.28. The van der Waals surface area contributed by atoms with Gasteiger partial charge in [0, 0.05) is 18.2 Å². The van der Waals surface area contributed by atoms with E-state index in [1.165, 1.54) is 44.1 Å². The van der Waals surface area contributed by atoms with Gasteiger partial charge in [0.25, 0.3) is 0 Å². The van der Waals surface area contributed by atoms with Crippen LogP contribution in [-0.2, 0) is 6.54 Å². The fraction of sp³-hybridized carbons (Fsp3) is 0.647. The number of hydrogen-bond acceptors (Lipinski definition) is 3. The maximum atomic E-state index is 5.76. The lowest BCUT2D eigenvalue weighted by atomic mass is 10.1. The maximum Gasteiger partial charge on any atom is 0.165 e. The van der Waals surface area contributed by atoms with Crippen LogP contribution in [0.5, 0.6) is 11.5 Å². The summed E-state index contributed by atoms with van der Waals surface area (Å²) in [6.45, 7) is 3.53. The van der Waals surface area contributed by atoms with Crippen molar-refractivity contribution in [3.63, 3.8) is 0 Å². The Labute approximate surface area is 122 Å². The first-order valence-corrected chi connectivity index (χ1v) is 7.87. The molecule has 20 heavy (non-hydrogen) atoms. The Bertz CT molecular complexity index is 398. The molecule has 3 heteroatoms. The van der Waals surface area contributed by atoms with Gasteiger partial charge in [0.15, 0.2) is 11.5 Å². The molecule has 112 valence electrons. The summed E-state index contributed by atoms with van der Waals surface area (Å²) in [5, 5.41) is 3.69. The van der Waals surface area contributed by atoms with E-state index in [0.29, 0.717) is 12.6 Å². The molecule has 0 heterocycles. The van der Waals surface area contributed by atoms with Crippen molar-refractivity contribution in [1.82, 2.24) is 5.32 Å². The van der Waals surface area contributed by atoms with Crippen LogP contribution in [0, 0.1) is 0 Å². The molecule has 1 fully saturated rings. The number of ether oxygens (including phenoxy) is 2. The summed E-state index contributed by atoms with van der Waals surface area (Å²) in [5.41, 5.74) is 1.19. The van der Waals surface area contributed by atoms with Gasteiger partial charge in [0.1, 0.15) is 0 Å². The predicted molar refractivity (Wildman–Crippen MR) is 82.5 cm³/mol. The van der Waals surface area contributed by atoms with E-state index >= 15 is 0 Å². The Balaban J connectivity index is 2.00. The molecule has 1 aliphatic carbocycles. The molecule has 0 aliphatic heterocycles. The van der Waals surface area contributed by atoms with E-state index in [2.05, 4.69) is 11.4 Å². The SMILES string of the molecule is CCOc1c(CNC2CCCCCC2)cccc1OC. The topological polar surface area (TPSA) is 30.5 Å². The quantitative estimate of drug-likeness (QED) is 0.800. The van der Waals surface area contributed by atoms with Crippen molar-refractivity contribution in [2.24, 2.45) is 0 Å². The van der Waals surface area contributed by atoms with E-state index < -0.39 is 0 Å². The Hall–Kier alpha value is -1.22. The zero-order valence-corrected chi connectivity index (χ0v) is 12.8. The van der Waals surface area contributed by atoms with E-state index in [9.17, 15) is 0 Å². The zero-order chi connectivity index (χ0) is 14.2. The van der Waals surface area contributed by atoms with Crippen LogP contribution in [0.15, 0.2) is 18.2 Å². The standard InChI is InChI=1S/C17H27NO2/c1-3-20-17-14(9-8-12-16(17)19-2)13-18-15-10-6-4-5-7-11-15/h8-9,12,15,18H,3-7,10-11,13H2,1-2H3. The minimum absolute atomic E-state index is 0.651. The van der Waals surface area contributed by atoms with Crippen molar-refractivity contribution < 1.29 is 9.47 Å². The summed E-state index contributed by atoms with van der Waals surface area (Å²) >= 11 is 0. The number of benzene rings is 1. The van der Waals surface area contributed by atoms with Crippen molar-refractivity contribution in [3.05, 3.63) is 23.8 Å². The third kappa shape index (κ3) is 4.14. The van der Waals surface area contributed by atoms with Crippen LogP contribution in [0.1, 0.15) is 51.0 Å². The van der Waals surface area contributed by atoms with Crippen molar-refractivity contribution in [2.75, 3.05) is 13.7 Å². The first-order chi connectivity index (χ1) is 9.85. The number of hydrogen-bond donors (Lipinski definition) is 1. The minimum atomic E-state index is 0.651. The average molecular weight is 277 g/mol. The molecule has 0 radical (unpaired) electrons. The lowest BCUT2D eigenvalue weighted by molar-refractivity contribution is 0.305. The molecule has 1 saturated carbocycles. The Morgan fingerprint density at radius 2 is 1.90 bits per heavy atom. The zero-order valence-electron chi connectivity index (χ0n) is 12.8. The first kappa shape index (κ1) is 15.2. The molecule has 0 atom stereocenters. The van der Waals surface area contributed by atoms with E-state index in [1.54, 1.807) is 7.11 Å². The van der Waals surface area contributed by atoms with Gasteiger partial charge < -0.3 is 14.8 Å². The summed E-state index contributed by atoms with van der Waals surface area (Å²) in [5.74, 6) is 1.71. The molecule has 0 unspecified atom stereocenters. The van der Waals surface area contributed by atoms with E-state index in [4.69, 9.17) is 9.47 Å². The highest BCUT2D eigenvalue weighted by molar-refractivity contribution is 5.46. The molecule has 0 amide bonds. The maximum absolute atomic E-state index is 5.76. The first-order valence-electron chi connectivity index (χ1n) is 7.87. The van der Waals surface area contributed by atoms with Crippen molar-refractivity contribution >= 4 is 0 Å². The molecule has 2 rings (SSSR count). The molecule has 0 spiro atoms. The molecule has 0 saturated heterocycles. The van der Waals surface area contributed by atoms with Crippen LogP contribution >= 0.6 is 0 Å². The van der Waals surface area contributed by atoms with Crippen molar-refractivity contribution in [2.45, 2.75) is 58.0 Å². The summed E-state index contributed by atoms with van der Waals surface area (Å²) in [4.78, 5) is 0. The smallest absolute Gasteiger partial charge is 0.165 e. The Kier molecular flexibility index (Phi) is 6.19. The van der Waals surface area contributed by atoms with Crippen molar-refractivity contribution in [3.8, 4) is 11.5 Å². The van der Waals surface area contributed by atoms with Gasteiger partial charge in [0.2, 0.25) is 0 Å². The molecule has 1 aromatic carbocycles. The number of nitrogens with one attached hydrogen (secondary N) is 1. The third-order valence-corrected chi connectivity index (χ3v) is 4.01.